The number of carbonyl (C=O) groups is 4. The number of ether oxygens (including phenoxy) is 3. The summed E-state index contributed by atoms with van der Waals surface area (Å²) in [5, 5.41) is 30.2. The van der Waals surface area contributed by atoms with Crippen LogP contribution in [0.1, 0.15) is 81.4 Å². The summed E-state index contributed by atoms with van der Waals surface area (Å²) >= 11 is 14.3. The average Bonchev–Trinajstić information content (AvgIpc) is 1.69. The maximum atomic E-state index is 11.9. The minimum Gasteiger partial charge on any atom is -1.00 e. The van der Waals surface area contributed by atoms with E-state index in [9.17, 15) is 39.6 Å². The molecule has 0 spiro atoms. The zero-order chi connectivity index (χ0) is 67.6. The fraction of sp³-hybridized carbons (Fsp3) is 0.370. The number of halogens is 7. The number of rotatable bonds is 19. The second-order valence-electron chi connectivity index (χ2n) is 16.8. The molecule has 0 fully saturated rings. The van der Waals surface area contributed by atoms with Gasteiger partial charge in [0.25, 0.3) is 15.7 Å². The van der Waals surface area contributed by atoms with E-state index >= 15 is 0 Å². The summed E-state index contributed by atoms with van der Waals surface area (Å²) in [5.41, 5.74) is 13.6. The van der Waals surface area contributed by atoms with Crippen molar-refractivity contribution in [1.29, 1.82) is 0 Å². The zero-order valence-electron chi connectivity index (χ0n) is 53.9. The van der Waals surface area contributed by atoms with Crippen LogP contribution in [0.15, 0.2) is 110 Å². The minimum absolute atomic E-state index is 0. The summed E-state index contributed by atoms with van der Waals surface area (Å²) in [7, 11) is 2.37. The van der Waals surface area contributed by atoms with E-state index in [-0.39, 0.29) is 237 Å². The molecule has 6 rings (SSSR count). The van der Waals surface area contributed by atoms with Gasteiger partial charge in [0.05, 0.1) is 29.2 Å². The fourth-order valence-electron chi connectivity index (χ4n) is 4.94. The predicted molar refractivity (Wildman–Crippen MR) is 417 cm³/mol. The third kappa shape index (κ3) is 53.6. The first-order valence-corrected chi connectivity index (χ1v) is 48.5. The van der Waals surface area contributed by atoms with Gasteiger partial charge < -0.3 is 53.2 Å². The van der Waals surface area contributed by atoms with Crippen LogP contribution in [0.2, 0.25) is 0 Å². The normalized spacial score (nSPS) is 11.0. The summed E-state index contributed by atoms with van der Waals surface area (Å²) in [6, 6.07) is 26.6. The van der Waals surface area contributed by atoms with Crippen molar-refractivity contribution >= 4 is 235 Å². The van der Waals surface area contributed by atoms with Crippen LogP contribution in [-0.4, -0.2) is 160 Å². The standard InChI is InChI=1S/C14H19N5O4S.C12H14N4O2.C11H14N2O2S.C6H13N5O2S.C2H6ClNO2S.CH2O3.I3.I2.HI.2K.4H2S.H/c1-11(13-15-10-19(17-13)24(21,22)18(2)3)16-14(20)23-9-12-7-5-4-6-8-12;1-9(11-13-8-14-16-11)15-12(17)18-7-10-5-3-2-4-6-10;1-8(10(12)16)13-11(14)15-7-9-5-3-2-4-6-9;1-5(7)6-8-4-11(9-6)14(12,13)10(2)3;1-4(2)7(3,5)6;2-1-4-3;1-3-2;1-2;;;;;;;;/h4-8,10-11H,9H2,1-3H3,(H,16,20);2-6,8-9H,7H2,1H3,(H,15,17)(H,13,14,16);2-6,8H,7H2,1H3,(H2,12,16)(H,13,14);4-5H,7H2,1-3H3;1-2H3;1,3H;;;1H;;;4*1H2;/q;;;;;;-1;;;2*+1;;;;;-1/p-1/t11-;9-;8-;5-;;;;;;;;;;;;/m0000............/s1. The number of aromatic amines is 1. The number of hydrogen-bond acceptors (Lipinski definition) is 23. The van der Waals surface area contributed by atoms with E-state index in [4.69, 9.17) is 58.6 Å². The third-order valence-corrected chi connectivity index (χ3v) is 14.8. The molecule has 32 nitrogen and oxygen atoms in total. The van der Waals surface area contributed by atoms with Crippen LogP contribution in [0, 0.1) is 0 Å². The van der Waals surface area contributed by atoms with Gasteiger partial charge in [-0.15, -0.1) is 42.3 Å². The first-order chi connectivity index (χ1) is 41.3. The Labute approximate surface area is 749 Å². The van der Waals surface area contributed by atoms with Gasteiger partial charge in [0.15, 0.2) is 11.6 Å². The Balaban J connectivity index is -0.000000118. The van der Waals surface area contributed by atoms with Gasteiger partial charge in [-0.25, -0.2) is 29.3 Å². The molecule has 0 radical (unpaired) electrons. The summed E-state index contributed by atoms with van der Waals surface area (Å²) < 4.78 is 86.6. The van der Waals surface area contributed by atoms with Crippen molar-refractivity contribution < 1.29 is 186 Å². The number of nitrogens with two attached hydrogens (primary N) is 2. The van der Waals surface area contributed by atoms with Crippen molar-refractivity contribution in [2.24, 2.45) is 11.5 Å². The Kier molecular flexibility index (Phi) is 79.6. The van der Waals surface area contributed by atoms with E-state index in [0.717, 1.165) is 50.4 Å². The smallest absolute Gasteiger partial charge is 1.00 e. The molecule has 3 aromatic heterocycles. The van der Waals surface area contributed by atoms with Gasteiger partial charge in [0, 0.05) is 90.2 Å². The van der Waals surface area contributed by atoms with Crippen molar-refractivity contribution in [2.45, 2.75) is 71.7 Å². The molecule has 0 bridgehead atoms. The molecule has 4 atom stereocenters. The third-order valence-electron chi connectivity index (χ3n) is 9.56. The number of aromatic nitrogens is 9. The molecule has 8 N–H and O–H groups in total. The first-order valence-electron chi connectivity index (χ1n) is 24.1. The molecular formula is C46H77ClI6K2N17O15S8-. The van der Waals surface area contributed by atoms with Gasteiger partial charge >= 0.3 is 192 Å². The van der Waals surface area contributed by atoms with Gasteiger partial charge in [-0.1, -0.05) is 103 Å². The number of alkyl carbamates (subject to hydrolysis) is 3. The summed E-state index contributed by atoms with van der Waals surface area (Å²) in [5.74, 6) is 1.05. The second-order valence-corrected chi connectivity index (χ2v) is 40.3. The summed E-state index contributed by atoms with van der Waals surface area (Å²) in [4.78, 5) is 57.7. The van der Waals surface area contributed by atoms with Crippen LogP contribution in [0.3, 0.4) is 0 Å². The average molecular weight is 2240 g/mol. The topological polar surface area (TPSA) is 432 Å². The Morgan fingerprint density at radius 1 is 0.663 bits per heavy atom. The maximum absolute atomic E-state index is 11.9. The molecule has 0 aliphatic heterocycles. The SMILES string of the molecule is CN(C)S(=O)(=O)Cl.C[C@H](N)c1ncn(S(=O)(=O)N(C)C)n1.C[C@H](NC(=O)OCc1ccccc1)C(N)=S.C[C@H](NC(=O)OCc1ccccc1)c1ncn(S(=O)(=O)N(C)C)n1.C[C@H](NC(=O)OCc1ccccc1)c1ncn[nH]1.I.II.I[I-]I.O=CO[O-].S.S.S.S.[H-].[K+].[K+]. The van der Waals surface area contributed by atoms with Crippen molar-refractivity contribution in [3.8, 4) is 0 Å². The Bertz CT molecular complexity index is 3290. The molecule has 536 valence electrons. The number of nitrogens with one attached hydrogen (secondary N) is 4. The van der Waals surface area contributed by atoms with Gasteiger partial charge in [0.1, 0.15) is 44.6 Å². The summed E-state index contributed by atoms with van der Waals surface area (Å²) in [6.07, 6.45) is 1.96. The van der Waals surface area contributed by atoms with E-state index in [1.165, 1.54) is 48.6 Å². The number of thiocarbonyl (C=S) groups is 1. The number of benzene rings is 3. The number of carbonyl (C=O) groups excluding carboxylic acids is 4. The van der Waals surface area contributed by atoms with E-state index < -0.39 is 54.0 Å². The molecule has 49 heteroatoms. The van der Waals surface area contributed by atoms with Crippen molar-refractivity contribution in [3.63, 3.8) is 0 Å². The van der Waals surface area contributed by atoms with E-state index in [1.807, 2.05) is 91.0 Å². The van der Waals surface area contributed by atoms with Gasteiger partial charge in [-0.05, 0) is 44.4 Å². The fourth-order valence-corrected chi connectivity index (χ4v) is 6.37. The molecule has 3 heterocycles. The van der Waals surface area contributed by atoms with E-state index in [2.05, 4.69) is 131 Å². The Morgan fingerprint density at radius 3 is 1.23 bits per heavy atom. The van der Waals surface area contributed by atoms with E-state index in [1.54, 1.807) is 27.7 Å². The first kappa shape index (κ1) is 115. The maximum Gasteiger partial charge on any atom is 1.00 e. The quantitative estimate of drug-likeness (QED) is 0.00711. The zero-order valence-corrected chi connectivity index (χ0v) is 80.3. The predicted octanol–water partition coefficient (Wildman–Crippen LogP) is -2.55. The van der Waals surface area contributed by atoms with Crippen LogP contribution >= 0.6 is 175 Å². The minimum atomic E-state index is -3.73. The van der Waals surface area contributed by atoms with Crippen molar-refractivity contribution in [1.82, 2.24) is 72.4 Å². The largest absolute Gasteiger partial charge is 1.00 e. The van der Waals surface area contributed by atoms with Crippen LogP contribution in [0.25, 0.3) is 0 Å². The van der Waals surface area contributed by atoms with Crippen LogP contribution in [0.5, 0.6) is 0 Å². The van der Waals surface area contributed by atoms with Crippen LogP contribution < -0.4 is 149 Å². The molecule has 6 aromatic rings. The van der Waals surface area contributed by atoms with Crippen molar-refractivity contribution in [2.75, 3.05) is 42.3 Å². The molecule has 0 saturated carbocycles. The molecule has 3 aromatic carbocycles. The van der Waals surface area contributed by atoms with Gasteiger partial charge in [-0.2, -0.15) is 97.3 Å². The molecule has 3 amide bonds. The summed E-state index contributed by atoms with van der Waals surface area (Å²) in [6.45, 7) is 7.24. The Morgan fingerprint density at radius 2 is 0.968 bits per heavy atom. The molecular weight excluding hydrogens is 2160 g/mol. The number of hydrogen-bond donors (Lipinski definition) is 6. The van der Waals surface area contributed by atoms with E-state index in [0.29, 0.717) is 24.9 Å². The van der Waals surface area contributed by atoms with Crippen LogP contribution in [0.4, 0.5) is 14.4 Å². The van der Waals surface area contributed by atoms with Crippen molar-refractivity contribution in [3.05, 3.63) is 144 Å². The Hall–Kier alpha value is 1.24. The molecule has 0 saturated heterocycles. The monoisotopic (exact) mass is 2240 g/mol. The molecule has 0 aliphatic rings. The second kappa shape index (κ2) is 66.0. The molecule has 95 heavy (non-hydrogen) atoms. The van der Waals surface area contributed by atoms with Gasteiger partial charge in [0.2, 0.25) is 0 Å². The number of nitrogens with zero attached hydrogens (tertiary/aromatic N) is 11. The molecule has 0 aliphatic carbocycles. The molecule has 0 unspecified atom stereocenters. The number of amides is 3. The number of H-pyrrole nitrogens is 1. The van der Waals surface area contributed by atoms with Gasteiger partial charge in [-0.3, -0.25) is 9.89 Å². The van der Waals surface area contributed by atoms with Crippen LogP contribution in [-0.2, 0) is 73.4 Å².